The summed E-state index contributed by atoms with van der Waals surface area (Å²) in [5, 5.41) is 11.0. The first-order valence-electron chi connectivity index (χ1n) is 7.64. The van der Waals surface area contributed by atoms with E-state index in [1.165, 1.54) is 0 Å². The normalized spacial score (nSPS) is 12.0. The fourth-order valence-corrected chi connectivity index (χ4v) is 3.76. The van der Waals surface area contributed by atoms with Crippen molar-refractivity contribution in [2.75, 3.05) is 12.0 Å². The molecule has 3 N–H and O–H groups in total. The van der Waals surface area contributed by atoms with Crippen LogP contribution in [0.4, 0.5) is 11.4 Å². The summed E-state index contributed by atoms with van der Waals surface area (Å²) in [6.45, 7) is 4.02. The molecule has 10 heteroatoms. The van der Waals surface area contributed by atoms with E-state index in [1.54, 1.807) is 24.3 Å². The summed E-state index contributed by atoms with van der Waals surface area (Å²) in [6, 6.07) is 10.9. The molecule has 8 nitrogen and oxygen atoms in total. The summed E-state index contributed by atoms with van der Waals surface area (Å²) < 4.78 is 28.7. The van der Waals surface area contributed by atoms with Gasteiger partial charge in [0.2, 0.25) is 8.38 Å². The molecule has 2 rings (SSSR count). The molecule has 0 spiro atoms. The number of nitrogens with two attached hydrogens (primary N) is 1. The quantitative estimate of drug-likeness (QED) is 0.330. The largest absolute Gasteiger partial charge is 0.393 e. The van der Waals surface area contributed by atoms with Gasteiger partial charge in [-0.25, -0.2) is 8.42 Å². The number of nitrogens with zero attached hydrogens (tertiary/aromatic N) is 1. The fraction of sp³-hybridized carbons (Fsp3) is 0.250. The van der Waals surface area contributed by atoms with Crippen LogP contribution in [0.25, 0.3) is 0 Å². The predicted molar refractivity (Wildman–Crippen MR) is 102 cm³/mol. The average Bonchev–Trinajstić information content (AvgIpc) is 2.60. The van der Waals surface area contributed by atoms with Gasteiger partial charge in [0.05, 0.1) is 16.4 Å². The zero-order valence-electron chi connectivity index (χ0n) is 14.6. The summed E-state index contributed by atoms with van der Waals surface area (Å²) in [7, 11) is -6.07. The Labute approximate surface area is 153 Å². The zero-order chi connectivity index (χ0) is 19.9. The van der Waals surface area contributed by atoms with Crippen molar-refractivity contribution in [3.05, 3.63) is 58.1 Å². The molecule has 0 aliphatic rings. The van der Waals surface area contributed by atoms with E-state index >= 15 is 0 Å². The lowest BCUT2D eigenvalue weighted by molar-refractivity contribution is -0.382. The minimum atomic E-state index is -3.65. The van der Waals surface area contributed by atoms with Gasteiger partial charge >= 0.3 is 5.69 Å². The smallest absolute Gasteiger partial charge is 0.304 e. The Morgan fingerprint density at radius 2 is 1.81 bits per heavy atom. The van der Waals surface area contributed by atoms with Crippen molar-refractivity contribution in [3.63, 3.8) is 0 Å². The van der Waals surface area contributed by atoms with E-state index in [1.807, 2.05) is 19.9 Å². The van der Waals surface area contributed by atoms with Crippen LogP contribution in [-0.2, 0) is 21.0 Å². The van der Waals surface area contributed by atoms with Crippen LogP contribution in [0.15, 0.2) is 47.4 Å². The predicted octanol–water partition coefficient (Wildman–Crippen LogP) is 2.75. The summed E-state index contributed by atoms with van der Waals surface area (Å²) in [4.78, 5) is 20.4. The first kappa shape index (κ1) is 22.0. The lowest BCUT2D eigenvalue weighted by Crippen LogP contribution is -2.15. The van der Waals surface area contributed by atoms with Crippen molar-refractivity contribution in [2.45, 2.75) is 25.3 Å². The molecule has 0 saturated heterocycles. The molecule has 2 aromatic rings. The number of rotatable bonds is 6. The Morgan fingerprint density at radius 1 is 1.23 bits per heavy atom. The number of nitrogen functional groups attached to an aromatic ring is 1. The number of nitro groups is 1. The standard InChI is InChI=1S/C14H15N2O6PS.C2H6/c1-24(20,21)11-7-12(15)14(16(17)18)13(8-11)23(19)22-9-10-5-3-2-4-6-10;1-2/h2-8,19H,9,15H2,1H3;1-2H3. The second-order valence-corrected chi connectivity index (χ2v) is 8.24. The highest BCUT2D eigenvalue weighted by atomic mass is 32.2. The molecule has 1 atom stereocenters. The fourth-order valence-electron chi connectivity index (χ4n) is 1.95. The van der Waals surface area contributed by atoms with Gasteiger partial charge in [0, 0.05) is 6.26 Å². The van der Waals surface area contributed by atoms with Crippen LogP contribution in [0.3, 0.4) is 0 Å². The van der Waals surface area contributed by atoms with E-state index in [0.29, 0.717) is 0 Å². The zero-order valence-corrected chi connectivity index (χ0v) is 16.3. The van der Waals surface area contributed by atoms with E-state index < -0.39 is 28.8 Å². The highest BCUT2D eigenvalue weighted by Crippen LogP contribution is 2.39. The van der Waals surface area contributed by atoms with Crippen LogP contribution >= 0.6 is 8.38 Å². The van der Waals surface area contributed by atoms with Crippen LogP contribution < -0.4 is 11.0 Å². The van der Waals surface area contributed by atoms with Crippen molar-refractivity contribution in [3.8, 4) is 0 Å². The average molecular weight is 400 g/mol. The molecule has 0 fully saturated rings. The molecule has 0 radical (unpaired) electrons. The van der Waals surface area contributed by atoms with Crippen molar-refractivity contribution < 1.29 is 22.8 Å². The molecule has 0 saturated carbocycles. The van der Waals surface area contributed by atoms with Crippen LogP contribution in [-0.4, -0.2) is 24.5 Å². The molecule has 0 aliphatic heterocycles. The van der Waals surface area contributed by atoms with Gasteiger partial charge in [0.1, 0.15) is 11.0 Å². The number of hydrogen-bond acceptors (Lipinski definition) is 7. The summed E-state index contributed by atoms with van der Waals surface area (Å²) >= 11 is 0. The van der Waals surface area contributed by atoms with Crippen molar-refractivity contribution in [1.82, 2.24) is 0 Å². The van der Waals surface area contributed by atoms with E-state index in [-0.39, 0.29) is 22.5 Å². The molecule has 1 unspecified atom stereocenters. The van der Waals surface area contributed by atoms with Gasteiger partial charge in [-0.05, 0) is 17.7 Å². The Bertz CT molecular complexity index is 859. The van der Waals surface area contributed by atoms with Crippen LogP contribution in [0, 0.1) is 10.1 Å². The highest BCUT2D eigenvalue weighted by Gasteiger charge is 2.28. The number of nitro benzene ring substituents is 1. The first-order valence-corrected chi connectivity index (χ1v) is 10.7. The minimum Gasteiger partial charge on any atom is -0.393 e. The first-order chi connectivity index (χ1) is 12.2. The van der Waals surface area contributed by atoms with Crippen molar-refractivity contribution in [2.24, 2.45) is 0 Å². The third kappa shape index (κ3) is 5.74. The van der Waals surface area contributed by atoms with Gasteiger partial charge in [0.25, 0.3) is 0 Å². The van der Waals surface area contributed by atoms with Crippen molar-refractivity contribution >= 4 is 34.9 Å². The van der Waals surface area contributed by atoms with Gasteiger partial charge in [-0.1, -0.05) is 44.2 Å². The van der Waals surface area contributed by atoms with Gasteiger partial charge in [-0.3, -0.25) is 10.1 Å². The summed E-state index contributed by atoms with van der Waals surface area (Å²) in [5.74, 6) is 0. The Balaban J connectivity index is 0.00000163. The topological polar surface area (TPSA) is 133 Å². The highest BCUT2D eigenvalue weighted by molar-refractivity contribution is 7.90. The second kappa shape index (κ2) is 9.59. The van der Waals surface area contributed by atoms with E-state index in [9.17, 15) is 23.4 Å². The van der Waals surface area contributed by atoms with Crippen LogP contribution in [0.5, 0.6) is 0 Å². The molecule has 26 heavy (non-hydrogen) atoms. The van der Waals surface area contributed by atoms with Gasteiger partial charge in [0.15, 0.2) is 9.84 Å². The third-order valence-electron chi connectivity index (χ3n) is 3.11. The molecule has 0 heterocycles. The van der Waals surface area contributed by atoms with Crippen LogP contribution in [0.1, 0.15) is 19.4 Å². The molecular formula is C16H21N2O6PS. The maximum Gasteiger partial charge on any atom is 0.304 e. The molecule has 0 aliphatic carbocycles. The lowest BCUT2D eigenvalue weighted by Gasteiger charge is -2.13. The number of hydrogen-bond donors (Lipinski definition) is 2. The van der Waals surface area contributed by atoms with E-state index in [4.69, 9.17) is 10.3 Å². The minimum absolute atomic E-state index is 0.0171. The third-order valence-corrected chi connectivity index (χ3v) is 5.32. The Morgan fingerprint density at radius 3 is 2.31 bits per heavy atom. The molecule has 2 aromatic carbocycles. The number of benzene rings is 2. The van der Waals surface area contributed by atoms with E-state index in [0.717, 1.165) is 24.0 Å². The number of anilines is 1. The monoisotopic (exact) mass is 400 g/mol. The second-order valence-electron chi connectivity index (χ2n) is 4.94. The van der Waals surface area contributed by atoms with Gasteiger partial charge in [-0.15, -0.1) is 0 Å². The molecular weight excluding hydrogens is 379 g/mol. The Hall–Kier alpha value is -2.06. The molecule has 0 bridgehead atoms. The maximum absolute atomic E-state index is 11.7. The van der Waals surface area contributed by atoms with Gasteiger partial charge < -0.3 is 15.2 Å². The van der Waals surface area contributed by atoms with Crippen LogP contribution in [0.2, 0.25) is 0 Å². The number of sulfone groups is 1. The lowest BCUT2D eigenvalue weighted by atomic mass is 10.2. The van der Waals surface area contributed by atoms with E-state index in [2.05, 4.69) is 0 Å². The summed E-state index contributed by atoms with van der Waals surface area (Å²) in [5.41, 5.74) is 5.46. The molecule has 142 valence electrons. The van der Waals surface area contributed by atoms with Crippen molar-refractivity contribution in [1.29, 1.82) is 0 Å². The maximum atomic E-state index is 11.7. The SMILES string of the molecule is CC.CS(=O)(=O)c1cc(N)c([N+](=O)[O-])c(P(O)OCc2ccccc2)c1. The Kier molecular flexibility index (Phi) is 8.10. The molecule has 0 amide bonds. The summed E-state index contributed by atoms with van der Waals surface area (Å²) in [6.07, 6.45) is 0.946. The molecule has 0 aromatic heterocycles. The van der Waals surface area contributed by atoms with Gasteiger partial charge in [-0.2, -0.15) is 0 Å².